The predicted octanol–water partition coefficient (Wildman–Crippen LogP) is 1.50. The normalized spacial score (nSPS) is 14.4. The maximum Gasteiger partial charge on any atom is 0.277 e. The summed E-state index contributed by atoms with van der Waals surface area (Å²) in [6, 6.07) is 4.63. The summed E-state index contributed by atoms with van der Waals surface area (Å²) < 4.78 is 6.52. The molecule has 6 heteroatoms. The number of carbonyl (C=O) groups is 1. The molecule has 0 aromatic carbocycles. The van der Waals surface area contributed by atoms with Crippen LogP contribution < -0.4 is 10.9 Å². The van der Waals surface area contributed by atoms with Crippen LogP contribution in [0.15, 0.2) is 33.7 Å². The van der Waals surface area contributed by atoms with Gasteiger partial charge in [-0.15, -0.1) is 0 Å². The van der Waals surface area contributed by atoms with Crippen LogP contribution in [0.2, 0.25) is 0 Å². The van der Waals surface area contributed by atoms with Gasteiger partial charge in [0, 0.05) is 31.3 Å². The van der Waals surface area contributed by atoms with Crippen molar-refractivity contribution in [3.8, 4) is 0 Å². The molecule has 0 aliphatic heterocycles. The van der Waals surface area contributed by atoms with Gasteiger partial charge in [-0.3, -0.25) is 9.59 Å². The predicted molar refractivity (Wildman–Crippen MR) is 68.1 cm³/mol. The summed E-state index contributed by atoms with van der Waals surface area (Å²) in [4.78, 5) is 23.2. The van der Waals surface area contributed by atoms with Gasteiger partial charge in [0.1, 0.15) is 5.76 Å². The van der Waals surface area contributed by atoms with Crippen LogP contribution in [0.3, 0.4) is 0 Å². The molecule has 19 heavy (non-hydrogen) atoms. The van der Waals surface area contributed by atoms with Crippen molar-refractivity contribution in [2.75, 3.05) is 5.32 Å². The van der Waals surface area contributed by atoms with Crippen molar-refractivity contribution < 1.29 is 9.32 Å². The van der Waals surface area contributed by atoms with Crippen LogP contribution in [0.1, 0.15) is 35.0 Å². The number of rotatable bonds is 3. The maximum atomic E-state index is 11.9. The van der Waals surface area contributed by atoms with Gasteiger partial charge in [0.05, 0.1) is 5.69 Å². The van der Waals surface area contributed by atoms with E-state index in [2.05, 4.69) is 10.5 Å². The van der Waals surface area contributed by atoms with Crippen LogP contribution in [0, 0.1) is 0 Å². The molecule has 0 spiro atoms. The maximum absolute atomic E-state index is 11.9. The van der Waals surface area contributed by atoms with E-state index in [-0.39, 0.29) is 17.2 Å². The number of amides is 1. The van der Waals surface area contributed by atoms with Gasteiger partial charge in [0.15, 0.2) is 5.69 Å². The Balaban J connectivity index is 1.75. The Labute approximate surface area is 109 Å². The van der Waals surface area contributed by atoms with Crippen LogP contribution in [0.25, 0.3) is 0 Å². The van der Waals surface area contributed by atoms with Crippen molar-refractivity contribution in [2.45, 2.75) is 18.8 Å². The summed E-state index contributed by atoms with van der Waals surface area (Å²) in [6.07, 6.45) is 3.75. The third kappa shape index (κ3) is 2.42. The molecule has 0 unspecified atom stereocenters. The summed E-state index contributed by atoms with van der Waals surface area (Å²) in [5.41, 5.74) is 0.675. The van der Waals surface area contributed by atoms with Gasteiger partial charge in [0.25, 0.3) is 5.91 Å². The largest absolute Gasteiger partial charge is 0.360 e. The molecule has 1 saturated carbocycles. The highest BCUT2D eigenvalue weighted by atomic mass is 16.5. The van der Waals surface area contributed by atoms with E-state index in [1.165, 1.54) is 10.6 Å². The Hall–Kier alpha value is -2.37. The van der Waals surface area contributed by atoms with E-state index in [1.807, 2.05) is 0 Å². The van der Waals surface area contributed by atoms with Crippen LogP contribution >= 0.6 is 0 Å². The van der Waals surface area contributed by atoms with E-state index in [4.69, 9.17) is 4.52 Å². The SMILES string of the molecule is Cn1cc(NC(=O)c2cc(C3CC3)on2)ccc1=O. The minimum Gasteiger partial charge on any atom is -0.360 e. The first-order valence-corrected chi connectivity index (χ1v) is 6.08. The van der Waals surface area contributed by atoms with E-state index in [9.17, 15) is 9.59 Å². The quantitative estimate of drug-likeness (QED) is 0.906. The number of hydrogen-bond donors (Lipinski definition) is 1. The monoisotopic (exact) mass is 259 g/mol. The van der Waals surface area contributed by atoms with E-state index in [1.54, 1.807) is 25.4 Å². The highest BCUT2D eigenvalue weighted by Gasteiger charge is 2.28. The van der Waals surface area contributed by atoms with Gasteiger partial charge < -0.3 is 14.4 Å². The van der Waals surface area contributed by atoms with E-state index >= 15 is 0 Å². The Morgan fingerprint density at radius 2 is 2.26 bits per heavy atom. The van der Waals surface area contributed by atoms with Crippen LogP contribution in [0.4, 0.5) is 5.69 Å². The number of nitrogens with zero attached hydrogens (tertiary/aromatic N) is 2. The molecule has 2 aromatic heterocycles. The summed E-state index contributed by atoms with van der Waals surface area (Å²) >= 11 is 0. The molecule has 1 amide bonds. The van der Waals surface area contributed by atoms with Crippen molar-refractivity contribution in [3.05, 3.63) is 46.2 Å². The zero-order valence-corrected chi connectivity index (χ0v) is 10.4. The number of anilines is 1. The smallest absolute Gasteiger partial charge is 0.277 e. The fourth-order valence-electron chi connectivity index (χ4n) is 1.82. The molecule has 1 fully saturated rings. The van der Waals surface area contributed by atoms with E-state index < -0.39 is 0 Å². The van der Waals surface area contributed by atoms with Crippen LogP contribution in [-0.4, -0.2) is 15.6 Å². The third-order valence-corrected chi connectivity index (χ3v) is 3.08. The third-order valence-electron chi connectivity index (χ3n) is 3.08. The number of pyridine rings is 1. The molecule has 0 atom stereocenters. The van der Waals surface area contributed by atoms with Crippen molar-refractivity contribution in [2.24, 2.45) is 7.05 Å². The molecule has 6 nitrogen and oxygen atoms in total. The van der Waals surface area contributed by atoms with Gasteiger partial charge >= 0.3 is 0 Å². The molecule has 0 saturated heterocycles. The molecule has 1 N–H and O–H groups in total. The molecule has 2 heterocycles. The van der Waals surface area contributed by atoms with Crippen molar-refractivity contribution >= 4 is 11.6 Å². The first-order chi connectivity index (χ1) is 9.13. The van der Waals surface area contributed by atoms with E-state index in [0.29, 0.717) is 11.6 Å². The lowest BCUT2D eigenvalue weighted by atomic mass is 10.2. The second-order valence-corrected chi connectivity index (χ2v) is 4.71. The Morgan fingerprint density at radius 3 is 2.95 bits per heavy atom. The molecule has 2 aromatic rings. The number of carbonyl (C=O) groups excluding carboxylic acids is 1. The van der Waals surface area contributed by atoms with E-state index in [0.717, 1.165) is 18.6 Å². The molecule has 0 radical (unpaired) electrons. The van der Waals surface area contributed by atoms with Crippen molar-refractivity contribution in [3.63, 3.8) is 0 Å². The Kier molecular flexibility index (Phi) is 2.70. The zero-order chi connectivity index (χ0) is 13.4. The first-order valence-electron chi connectivity index (χ1n) is 6.08. The Bertz CT molecular complexity index is 682. The molecule has 3 rings (SSSR count). The summed E-state index contributed by atoms with van der Waals surface area (Å²) in [5.74, 6) is 0.853. The summed E-state index contributed by atoms with van der Waals surface area (Å²) in [5, 5.41) is 6.44. The number of aryl methyl sites for hydroxylation is 1. The van der Waals surface area contributed by atoms with Gasteiger partial charge in [-0.05, 0) is 18.9 Å². The zero-order valence-electron chi connectivity index (χ0n) is 10.4. The standard InChI is InChI=1S/C13H13N3O3/c1-16-7-9(4-5-12(16)17)14-13(18)10-6-11(19-15-10)8-2-3-8/h4-8H,2-3H2,1H3,(H,14,18). The number of aromatic nitrogens is 2. The Morgan fingerprint density at radius 1 is 1.47 bits per heavy atom. The summed E-state index contributed by atoms with van der Waals surface area (Å²) in [6.45, 7) is 0. The molecular weight excluding hydrogens is 246 g/mol. The highest BCUT2D eigenvalue weighted by molar-refractivity contribution is 6.02. The number of hydrogen-bond acceptors (Lipinski definition) is 4. The molecular formula is C13H13N3O3. The molecule has 1 aliphatic rings. The van der Waals surface area contributed by atoms with Crippen LogP contribution in [0.5, 0.6) is 0 Å². The average Bonchev–Trinajstić information content (AvgIpc) is 3.11. The second-order valence-electron chi connectivity index (χ2n) is 4.71. The average molecular weight is 259 g/mol. The van der Waals surface area contributed by atoms with Gasteiger partial charge in [-0.1, -0.05) is 5.16 Å². The lowest BCUT2D eigenvalue weighted by Crippen LogP contribution is -2.18. The lowest BCUT2D eigenvalue weighted by molar-refractivity contribution is 0.101. The molecule has 98 valence electrons. The fraction of sp³-hybridized carbons (Fsp3) is 0.308. The number of nitrogens with one attached hydrogen (secondary N) is 1. The van der Waals surface area contributed by atoms with Crippen LogP contribution in [-0.2, 0) is 7.05 Å². The van der Waals surface area contributed by atoms with Gasteiger partial charge in [0.2, 0.25) is 5.56 Å². The fourth-order valence-corrected chi connectivity index (χ4v) is 1.82. The topological polar surface area (TPSA) is 77.1 Å². The molecule has 0 bridgehead atoms. The van der Waals surface area contributed by atoms with Crippen molar-refractivity contribution in [1.29, 1.82) is 0 Å². The van der Waals surface area contributed by atoms with Crippen molar-refractivity contribution in [1.82, 2.24) is 9.72 Å². The minimum atomic E-state index is -0.339. The highest BCUT2D eigenvalue weighted by Crippen LogP contribution is 2.40. The molecule has 1 aliphatic carbocycles. The van der Waals surface area contributed by atoms with Gasteiger partial charge in [-0.2, -0.15) is 0 Å². The second kappa shape index (κ2) is 4.38. The minimum absolute atomic E-state index is 0.129. The summed E-state index contributed by atoms with van der Waals surface area (Å²) in [7, 11) is 1.62. The van der Waals surface area contributed by atoms with Gasteiger partial charge in [-0.25, -0.2) is 0 Å². The lowest BCUT2D eigenvalue weighted by Gasteiger charge is -2.04. The first kappa shape index (κ1) is 11.7.